The van der Waals surface area contributed by atoms with Crippen molar-refractivity contribution in [2.75, 3.05) is 6.61 Å². The second-order valence-corrected chi connectivity index (χ2v) is 5.08. The Balaban J connectivity index is 2.08. The molecule has 2 rings (SSSR count). The maximum absolute atomic E-state index is 10.2. The Morgan fingerprint density at radius 1 is 1.25 bits per heavy atom. The van der Waals surface area contributed by atoms with Gasteiger partial charge in [-0.3, -0.25) is 0 Å². The zero-order valence-corrected chi connectivity index (χ0v) is 11.2. The van der Waals surface area contributed by atoms with E-state index in [1.165, 1.54) is 0 Å². The molecular formula is C14H20O6. The maximum atomic E-state index is 10.2. The van der Waals surface area contributed by atoms with E-state index < -0.39 is 36.6 Å². The minimum absolute atomic E-state index is 0.327. The average Bonchev–Trinajstić information content (AvgIpc) is 2.47. The fraction of sp³-hybridized carbons (Fsp3) is 0.571. The van der Waals surface area contributed by atoms with Crippen LogP contribution >= 0.6 is 0 Å². The van der Waals surface area contributed by atoms with Crippen molar-refractivity contribution in [3.05, 3.63) is 29.8 Å². The van der Waals surface area contributed by atoms with Crippen molar-refractivity contribution in [2.24, 2.45) is 5.92 Å². The number of hydrogen-bond donors (Lipinski definition) is 5. The van der Waals surface area contributed by atoms with Crippen molar-refractivity contribution >= 4 is 0 Å². The molecule has 0 amide bonds. The molecule has 1 saturated carbocycles. The predicted molar refractivity (Wildman–Crippen MR) is 70.0 cm³/mol. The summed E-state index contributed by atoms with van der Waals surface area (Å²) in [5.41, 5.74) is -0.990. The van der Waals surface area contributed by atoms with Crippen LogP contribution < -0.4 is 4.74 Å². The lowest BCUT2D eigenvalue weighted by atomic mass is 9.64. The van der Waals surface area contributed by atoms with Crippen LogP contribution in [-0.4, -0.2) is 56.2 Å². The van der Waals surface area contributed by atoms with Crippen LogP contribution in [-0.2, 0) is 6.42 Å². The molecule has 112 valence electrons. The van der Waals surface area contributed by atoms with E-state index in [2.05, 4.69) is 0 Å². The quantitative estimate of drug-likeness (QED) is 0.445. The van der Waals surface area contributed by atoms with Crippen LogP contribution in [0.1, 0.15) is 12.5 Å². The van der Waals surface area contributed by atoms with Gasteiger partial charge in [0.05, 0.1) is 12.7 Å². The summed E-state index contributed by atoms with van der Waals surface area (Å²) in [6.45, 7) is 1.44. The van der Waals surface area contributed by atoms with Crippen LogP contribution in [0.15, 0.2) is 24.3 Å². The molecule has 1 aromatic rings. The second kappa shape index (κ2) is 5.67. The van der Waals surface area contributed by atoms with E-state index in [9.17, 15) is 20.4 Å². The lowest BCUT2D eigenvalue weighted by Crippen LogP contribution is -2.76. The SMILES string of the molecule is CCc1ccc(OC(O)C2(O)C(O)C(O)C2CO)cc1. The molecule has 0 spiro atoms. The lowest BCUT2D eigenvalue weighted by Gasteiger charge is -2.53. The first-order chi connectivity index (χ1) is 9.44. The van der Waals surface area contributed by atoms with Gasteiger partial charge in [-0.2, -0.15) is 0 Å². The molecule has 6 nitrogen and oxygen atoms in total. The molecule has 1 aromatic carbocycles. The molecule has 5 unspecified atom stereocenters. The number of aliphatic hydroxyl groups excluding tert-OH is 4. The summed E-state index contributed by atoms with van der Waals surface area (Å²) in [4.78, 5) is 0. The van der Waals surface area contributed by atoms with Gasteiger partial charge in [-0.25, -0.2) is 0 Å². The molecule has 0 radical (unpaired) electrons. The third-order valence-electron chi connectivity index (χ3n) is 3.98. The molecule has 0 heterocycles. The van der Waals surface area contributed by atoms with Gasteiger partial charge in [-0.05, 0) is 24.1 Å². The highest BCUT2D eigenvalue weighted by atomic mass is 16.6. The van der Waals surface area contributed by atoms with Crippen molar-refractivity contribution in [1.82, 2.24) is 0 Å². The van der Waals surface area contributed by atoms with Crippen molar-refractivity contribution in [3.8, 4) is 5.75 Å². The molecule has 5 N–H and O–H groups in total. The first-order valence-electron chi connectivity index (χ1n) is 6.58. The average molecular weight is 284 g/mol. The molecule has 20 heavy (non-hydrogen) atoms. The summed E-state index contributed by atoms with van der Waals surface area (Å²) in [6, 6.07) is 6.92. The molecule has 0 aliphatic heterocycles. The van der Waals surface area contributed by atoms with E-state index in [1.807, 2.05) is 19.1 Å². The zero-order chi connectivity index (χ0) is 14.9. The topological polar surface area (TPSA) is 110 Å². The van der Waals surface area contributed by atoms with Gasteiger partial charge in [0, 0.05) is 5.92 Å². The van der Waals surface area contributed by atoms with E-state index >= 15 is 0 Å². The molecule has 6 heteroatoms. The largest absolute Gasteiger partial charge is 0.462 e. The molecular weight excluding hydrogens is 264 g/mol. The first-order valence-corrected chi connectivity index (χ1v) is 6.58. The minimum Gasteiger partial charge on any atom is -0.462 e. The van der Waals surface area contributed by atoms with Crippen molar-refractivity contribution < 1.29 is 30.3 Å². The van der Waals surface area contributed by atoms with Crippen molar-refractivity contribution in [1.29, 1.82) is 0 Å². The molecule has 1 aliphatic rings. The first kappa shape index (κ1) is 15.2. The summed E-state index contributed by atoms with van der Waals surface area (Å²) in [7, 11) is 0. The third kappa shape index (κ3) is 2.30. The smallest absolute Gasteiger partial charge is 0.229 e. The number of rotatable bonds is 5. The van der Waals surface area contributed by atoms with Gasteiger partial charge in [-0.15, -0.1) is 0 Å². The Bertz CT molecular complexity index is 447. The monoisotopic (exact) mass is 284 g/mol. The Kier molecular flexibility index (Phi) is 4.31. The predicted octanol–water partition coefficient (Wildman–Crippen LogP) is -0.979. The normalized spacial score (nSPS) is 34.4. The number of aliphatic hydroxyl groups is 5. The Hall–Kier alpha value is -1.18. The molecule has 5 atom stereocenters. The third-order valence-corrected chi connectivity index (χ3v) is 3.98. The van der Waals surface area contributed by atoms with Crippen molar-refractivity contribution in [2.45, 2.75) is 37.4 Å². The van der Waals surface area contributed by atoms with Crippen LogP contribution in [0, 0.1) is 5.92 Å². The van der Waals surface area contributed by atoms with Gasteiger partial charge < -0.3 is 30.3 Å². The molecule has 1 aliphatic carbocycles. The van der Waals surface area contributed by atoms with E-state index in [4.69, 9.17) is 9.84 Å². The van der Waals surface area contributed by atoms with Gasteiger partial charge in [0.15, 0.2) is 5.60 Å². The van der Waals surface area contributed by atoms with E-state index in [0.717, 1.165) is 12.0 Å². The lowest BCUT2D eigenvalue weighted by molar-refractivity contribution is -0.332. The molecule has 0 saturated heterocycles. The van der Waals surface area contributed by atoms with Crippen LogP contribution in [0.2, 0.25) is 0 Å². The fourth-order valence-corrected chi connectivity index (χ4v) is 2.48. The molecule has 0 aromatic heterocycles. The Morgan fingerprint density at radius 2 is 1.85 bits per heavy atom. The molecule has 0 bridgehead atoms. The van der Waals surface area contributed by atoms with Crippen LogP contribution in [0.25, 0.3) is 0 Å². The van der Waals surface area contributed by atoms with E-state index in [-0.39, 0.29) is 0 Å². The van der Waals surface area contributed by atoms with Gasteiger partial charge in [0.2, 0.25) is 6.29 Å². The highest BCUT2D eigenvalue weighted by molar-refractivity contribution is 5.28. The Labute approximate surface area is 116 Å². The van der Waals surface area contributed by atoms with Crippen molar-refractivity contribution in [3.63, 3.8) is 0 Å². The van der Waals surface area contributed by atoms with E-state index in [1.54, 1.807) is 12.1 Å². The van der Waals surface area contributed by atoms with E-state index in [0.29, 0.717) is 5.75 Å². The van der Waals surface area contributed by atoms with Gasteiger partial charge in [-0.1, -0.05) is 19.1 Å². The summed E-state index contributed by atoms with van der Waals surface area (Å²) >= 11 is 0. The summed E-state index contributed by atoms with van der Waals surface area (Å²) < 4.78 is 5.19. The number of aryl methyl sites for hydroxylation is 1. The van der Waals surface area contributed by atoms with Gasteiger partial charge in [0.25, 0.3) is 0 Å². The summed E-state index contributed by atoms with van der Waals surface area (Å²) in [5, 5.41) is 48.3. The van der Waals surface area contributed by atoms with Crippen LogP contribution in [0.5, 0.6) is 5.75 Å². The zero-order valence-electron chi connectivity index (χ0n) is 11.2. The highest BCUT2D eigenvalue weighted by Crippen LogP contribution is 2.42. The summed E-state index contributed by atoms with van der Waals surface area (Å²) in [5.74, 6) is -0.726. The minimum atomic E-state index is -2.09. The summed E-state index contributed by atoms with van der Waals surface area (Å²) in [6.07, 6.45) is -3.73. The number of ether oxygens (including phenoxy) is 1. The highest BCUT2D eigenvalue weighted by Gasteiger charge is 2.65. The Morgan fingerprint density at radius 3 is 2.35 bits per heavy atom. The molecule has 1 fully saturated rings. The van der Waals surface area contributed by atoms with Crippen LogP contribution in [0.4, 0.5) is 0 Å². The van der Waals surface area contributed by atoms with Crippen LogP contribution in [0.3, 0.4) is 0 Å². The van der Waals surface area contributed by atoms with Gasteiger partial charge >= 0.3 is 0 Å². The van der Waals surface area contributed by atoms with Gasteiger partial charge in [0.1, 0.15) is 11.9 Å². The maximum Gasteiger partial charge on any atom is 0.229 e. The number of hydrogen-bond acceptors (Lipinski definition) is 6. The fourth-order valence-electron chi connectivity index (χ4n) is 2.48. The number of benzene rings is 1. The second-order valence-electron chi connectivity index (χ2n) is 5.08. The standard InChI is InChI=1S/C14H20O6/c1-2-8-3-5-9(6-4-8)20-13(18)14(19)10(7-15)11(16)12(14)17/h3-6,10-13,15-19H,2,7H2,1H3.